The second-order valence-electron chi connectivity index (χ2n) is 6.02. The van der Waals surface area contributed by atoms with Gasteiger partial charge >= 0.3 is 0 Å². The molecule has 29 heavy (non-hydrogen) atoms. The topological polar surface area (TPSA) is 85.4 Å². The Bertz CT molecular complexity index is 1130. The maximum Gasteiger partial charge on any atom is 0.264 e. The second kappa shape index (κ2) is 8.61. The van der Waals surface area contributed by atoms with Crippen molar-refractivity contribution in [1.29, 1.82) is 0 Å². The Kier molecular flexibility index (Phi) is 5.57. The summed E-state index contributed by atoms with van der Waals surface area (Å²) >= 11 is 1.45. The second-order valence-corrected chi connectivity index (χ2v) is 6.87. The van der Waals surface area contributed by atoms with Crippen LogP contribution in [-0.2, 0) is 6.61 Å². The summed E-state index contributed by atoms with van der Waals surface area (Å²) in [6.45, 7) is 2.00. The molecule has 2 heterocycles. The van der Waals surface area contributed by atoms with Gasteiger partial charge < -0.3 is 9.26 Å². The maximum absolute atomic E-state index is 14.3. The summed E-state index contributed by atoms with van der Waals surface area (Å²) < 4.78 is 25.0. The van der Waals surface area contributed by atoms with Gasteiger partial charge in [0.1, 0.15) is 11.6 Å². The Morgan fingerprint density at radius 2 is 2.07 bits per heavy atom. The van der Waals surface area contributed by atoms with Crippen LogP contribution >= 0.6 is 11.3 Å². The van der Waals surface area contributed by atoms with Crippen molar-refractivity contribution in [2.45, 2.75) is 13.5 Å². The number of nitrogens with zero attached hydrogens (tertiary/aromatic N) is 4. The Labute approximate surface area is 169 Å². The molecule has 0 fully saturated rings. The van der Waals surface area contributed by atoms with Gasteiger partial charge in [0.25, 0.3) is 5.89 Å². The van der Waals surface area contributed by atoms with Crippen molar-refractivity contribution in [3.05, 3.63) is 76.9 Å². The minimum Gasteiger partial charge on any atom is -0.484 e. The first-order valence-electron chi connectivity index (χ1n) is 8.69. The van der Waals surface area contributed by atoms with Gasteiger partial charge in [-0.25, -0.2) is 9.37 Å². The first-order chi connectivity index (χ1) is 14.2. The van der Waals surface area contributed by atoms with Crippen LogP contribution in [0.25, 0.3) is 11.4 Å². The number of aromatic nitrogens is 3. The van der Waals surface area contributed by atoms with Crippen molar-refractivity contribution in [1.82, 2.24) is 15.1 Å². The van der Waals surface area contributed by atoms with Gasteiger partial charge in [0, 0.05) is 5.38 Å². The molecule has 146 valence electrons. The molecule has 1 N–H and O–H groups in total. The zero-order chi connectivity index (χ0) is 20.1. The Morgan fingerprint density at radius 1 is 1.21 bits per heavy atom. The molecule has 0 atom stereocenters. The first-order valence-corrected chi connectivity index (χ1v) is 9.57. The predicted octanol–water partition coefficient (Wildman–Crippen LogP) is 4.67. The molecule has 4 aromatic rings. The molecule has 0 amide bonds. The number of aryl methyl sites for hydroxylation is 1. The molecular weight excluding hydrogens is 393 g/mol. The summed E-state index contributed by atoms with van der Waals surface area (Å²) in [7, 11) is 0. The van der Waals surface area contributed by atoms with Crippen molar-refractivity contribution >= 4 is 22.7 Å². The molecular formula is C20H16FN5O2S. The normalized spacial score (nSPS) is 11.1. The van der Waals surface area contributed by atoms with Crippen LogP contribution in [0, 0.1) is 12.7 Å². The van der Waals surface area contributed by atoms with Crippen LogP contribution < -0.4 is 10.2 Å². The molecule has 0 radical (unpaired) electrons. The van der Waals surface area contributed by atoms with E-state index < -0.39 is 5.82 Å². The van der Waals surface area contributed by atoms with Gasteiger partial charge in [0.15, 0.2) is 6.61 Å². The monoisotopic (exact) mass is 409 g/mol. The zero-order valence-electron chi connectivity index (χ0n) is 15.4. The van der Waals surface area contributed by atoms with Crippen molar-refractivity contribution in [2.75, 3.05) is 5.43 Å². The van der Waals surface area contributed by atoms with Crippen LogP contribution in [0.15, 0.2) is 63.5 Å². The minimum atomic E-state index is -0.456. The number of anilines is 1. The van der Waals surface area contributed by atoms with E-state index in [9.17, 15) is 4.39 Å². The van der Waals surface area contributed by atoms with Crippen molar-refractivity contribution in [3.63, 3.8) is 0 Å². The Morgan fingerprint density at radius 3 is 2.86 bits per heavy atom. The highest BCUT2D eigenvalue weighted by Gasteiger charge is 2.14. The zero-order valence-corrected chi connectivity index (χ0v) is 16.2. The van der Waals surface area contributed by atoms with E-state index in [0.29, 0.717) is 16.4 Å². The summed E-state index contributed by atoms with van der Waals surface area (Å²) in [5, 5.41) is 10.6. The van der Waals surface area contributed by atoms with E-state index in [4.69, 9.17) is 9.26 Å². The van der Waals surface area contributed by atoms with Crippen molar-refractivity contribution in [3.8, 4) is 17.1 Å². The van der Waals surface area contributed by atoms with E-state index in [-0.39, 0.29) is 23.9 Å². The molecule has 0 saturated heterocycles. The van der Waals surface area contributed by atoms with E-state index in [1.807, 2.05) is 42.6 Å². The highest BCUT2D eigenvalue weighted by molar-refractivity contribution is 7.13. The lowest BCUT2D eigenvalue weighted by molar-refractivity contribution is 0.243. The molecule has 0 spiro atoms. The number of hydrogen-bond donors (Lipinski definition) is 1. The molecule has 2 aromatic heterocycles. The predicted molar refractivity (Wildman–Crippen MR) is 109 cm³/mol. The van der Waals surface area contributed by atoms with Crippen LogP contribution in [0.4, 0.5) is 9.52 Å². The van der Waals surface area contributed by atoms with Gasteiger partial charge in [0.05, 0.1) is 17.5 Å². The summed E-state index contributed by atoms with van der Waals surface area (Å²) in [6, 6.07) is 13.8. The Hall–Kier alpha value is -3.59. The van der Waals surface area contributed by atoms with Gasteiger partial charge in [-0.3, -0.25) is 5.43 Å². The number of ether oxygens (including phenoxy) is 1. The molecule has 4 rings (SSSR count). The number of nitrogens with one attached hydrogen (secondary N) is 1. The fraction of sp³-hybridized carbons (Fsp3) is 0.100. The summed E-state index contributed by atoms with van der Waals surface area (Å²) in [5.74, 6) is 0.623. The van der Waals surface area contributed by atoms with Gasteiger partial charge in [-0.15, -0.1) is 11.3 Å². The van der Waals surface area contributed by atoms with Crippen LogP contribution in [0.3, 0.4) is 0 Å². The number of benzene rings is 2. The van der Waals surface area contributed by atoms with E-state index >= 15 is 0 Å². The summed E-state index contributed by atoms with van der Waals surface area (Å²) in [6.07, 6.45) is 1.57. The molecule has 0 saturated carbocycles. The van der Waals surface area contributed by atoms with Gasteiger partial charge in [-0.1, -0.05) is 29.4 Å². The number of halogens is 1. The number of hydrogen-bond acceptors (Lipinski definition) is 8. The fourth-order valence-electron chi connectivity index (χ4n) is 2.45. The third-order valence-corrected chi connectivity index (χ3v) is 4.66. The van der Waals surface area contributed by atoms with Crippen LogP contribution in [0.1, 0.15) is 17.1 Å². The van der Waals surface area contributed by atoms with Crippen LogP contribution in [0.5, 0.6) is 5.75 Å². The van der Waals surface area contributed by atoms with E-state index in [0.717, 1.165) is 5.69 Å². The van der Waals surface area contributed by atoms with E-state index in [2.05, 4.69) is 25.7 Å². The van der Waals surface area contributed by atoms with Crippen molar-refractivity contribution in [2.24, 2.45) is 5.10 Å². The van der Waals surface area contributed by atoms with Crippen molar-refractivity contribution < 1.29 is 13.7 Å². The number of hydrazone groups is 1. The van der Waals surface area contributed by atoms with Crippen LogP contribution in [-0.4, -0.2) is 21.3 Å². The highest BCUT2D eigenvalue weighted by atomic mass is 32.1. The first kappa shape index (κ1) is 18.8. The van der Waals surface area contributed by atoms with Crippen LogP contribution in [0.2, 0.25) is 0 Å². The molecule has 9 heteroatoms. The van der Waals surface area contributed by atoms with Gasteiger partial charge in [-0.2, -0.15) is 10.1 Å². The number of thiazole rings is 1. The summed E-state index contributed by atoms with van der Waals surface area (Å²) in [5.41, 5.74) is 4.65. The third-order valence-electron chi connectivity index (χ3n) is 3.80. The third kappa shape index (κ3) is 4.82. The van der Waals surface area contributed by atoms with E-state index in [1.165, 1.54) is 17.4 Å². The highest BCUT2D eigenvalue weighted by Crippen LogP contribution is 2.22. The number of para-hydroxylation sites is 1. The number of rotatable bonds is 7. The molecule has 0 aliphatic heterocycles. The lowest BCUT2D eigenvalue weighted by Crippen LogP contribution is -1.96. The van der Waals surface area contributed by atoms with E-state index in [1.54, 1.807) is 18.3 Å². The maximum atomic E-state index is 14.3. The Balaban J connectivity index is 1.45. The fourth-order valence-corrected chi connectivity index (χ4v) is 3.08. The van der Waals surface area contributed by atoms with Gasteiger partial charge in [0.2, 0.25) is 11.0 Å². The molecule has 0 bridgehead atoms. The molecule has 7 nitrogen and oxygen atoms in total. The molecule has 2 aromatic carbocycles. The largest absolute Gasteiger partial charge is 0.484 e. The lowest BCUT2D eigenvalue weighted by atomic mass is 10.1. The average Bonchev–Trinajstić information content (AvgIpc) is 3.37. The van der Waals surface area contributed by atoms with Gasteiger partial charge in [-0.05, 0) is 36.8 Å². The molecule has 0 aliphatic carbocycles. The summed E-state index contributed by atoms with van der Waals surface area (Å²) in [4.78, 5) is 8.47. The standard InChI is InChI=1S/C20H16FN5O2S/c1-13-12-29-20(23-13)25-22-10-14-7-8-17(21)16(9-14)19-24-18(28-26-19)11-27-15-5-3-2-4-6-15/h2-10,12H,11H2,1H3,(H,23,25). The average molecular weight is 409 g/mol. The lowest BCUT2D eigenvalue weighted by Gasteiger charge is -2.01. The minimum absolute atomic E-state index is 0.0942. The quantitative estimate of drug-likeness (QED) is 0.353. The molecule has 0 aliphatic rings. The molecule has 0 unspecified atom stereocenters. The SMILES string of the molecule is Cc1csc(NN=Cc2ccc(F)c(-c3noc(COc4ccccc4)n3)c2)n1. The smallest absolute Gasteiger partial charge is 0.264 e.